The number of terminal acetylenes is 1. The van der Waals surface area contributed by atoms with Crippen molar-refractivity contribution in [3.8, 4) is 12.3 Å². The van der Waals surface area contributed by atoms with E-state index in [9.17, 15) is 4.79 Å². The second-order valence-corrected chi connectivity index (χ2v) is 6.58. The van der Waals surface area contributed by atoms with Crippen molar-refractivity contribution in [2.75, 3.05) is 5.32 Å². The van der Waals surface area contributed by atoms with Gasteiger partial charge in [-0.2, -0.15) is 5.10 Å². The quantitative estimate of drug-likeness (QED) is 0.870. The number of hydrogen-bond donors (Lipinski definition) is 1. The predicted octanol–water partition coefficient (Wildman–Crippen LogP) is 2.63. The van der Waals surface area contributed by atoms with Crippen LogP contribution in [0.15, 0.2) is 15.5 Å². The van der Waals surface area contributed by atoms with Gasteiger partial charge in [0.1, 0.15) is 11.0 Å². The van der Waals surface area contributed by atoms with E-state index in [1.165, 1.54) is 11.1 Å². The van der Waals surface area contributed by atoms with Gasteiger partial charge in [0.25, 0.3) is 5.56 Å². The third-order valence-corrected chi connectivity index (χ3v) is 4.32. The Kier molecular flexibility index (Phi) is 4.00. The van der Waals surface area contributed by atoms with Crippen molar-refractivity contribution in [1.82, 2.24) is 9.78 Å². The molecule has 1 unspecified atom stereocenters. The van der Waals surface area contributed by atoms with E-state index in [2.05, 4.69) is 46.1 Å². The lowest BCUT2D eigenvalue weighted by molar-refractivity contribution is 0.378. The Hall–Kier alpha value is -1.28. The van der Waals surface area contributed by atoms with Crippen LogP contribution in [0.2, 0.25) is 0 Å². The molecule has 1 atom stereocenters. The van der Waals surface area contributed by atoms with Gasteiger partial charge in [0.2, 0.25) is 0 Å². The number of aromatic nitrogens is 2. The molecule has 1 N–H and O–H groups in total. The van der Waals surface area contributed by atoms with Gasteiger partial charge in [-0.1, -0.05) is 19.8 Å². The molecule has 0 aliphatic heterocycles. The second kappa shape index (κ2) is 5.38. The standard InChI is InChI=1S/C14H18BrN3O/c1-4-7-18-13(19)12(15)11(9-16-18)17-10-5-6-14(2,3)8-10/h1,9-10,17H,5-8H2,2-3H3. The van der Waals surface area contributed by atoms with Gasteiger partial charge >= 0.3 is 0 Å². The number of anilines is 1. The summed E-state index contributed by atoms with van der Waals surface area (Å²) in [5.74, 6) is 2.41. The molecule has 2 rings (SSSR count). The second-order valence-electron chi connectivity index (χ2n) is 5.79. The van der Waals surface area contributed by atoms with Crippen LogP contribution in [0.4, 0.5) is 5.69 Å². The highest BCUT2D eigenvalue weighted by atomic mass is 79.9. The van der Waals surface area contributed by atoms with Crippen LogP contribution in [0.25, 0.3) is 0 Å². The summed E-state index contributed by atoms with van der Waals surface area (Å²) < 4.78 is 1.77. The zero-order valence-electron chi connectivity index (χ0n) is 11.2. The lowest BCUT2D eigenvalue weighted by atomic mass is 9.92. The van der Waals surface area contributed by atoms with E-state index >= 15 is 0 Å². The highest BCUT2D eigenvalue weighted by molar-refractivity contribution is 9.10. The van der Waals surface area contributed by atoms with Crippen molar-refractivity contribution in [3.63, 3.8) is 0 Å². The molecular formula is C14H18BrN3O. The Morgan fingerprint density at radius 3 is 3.00 bits per heavy atom. The van der Waals surface area contributed by atoms with Crippen LogP contribution in [0, 0.1) is 17.8 Å². The van der Waals surface area contributed by atoms with E-state index in [1.54, 1.807) is 6.20 Å². The molecule has 1 aliphatic carbocycles. The maximum absolute atomic E-state index is 12.0. The molecule has 0 aromatic carbocycles. The molecule has 0 spiro atoms. The van der Waals surface area contributed by atoms with Crippen molar-refractivity contribution < 1.29 is 0 Å². The summed E-state index contributed by atoms with van der Waals surface area (Å²) in [5.41, 5.74) is 0.928. The van der Waals surface area contributed by atoms with Crippen LogP contribution in [0.3, 0.4) is 0 Å². The minimum absolute atomic E-state index is 0.189. The van der Waals surface area contributed by atoms with Gasteiger partial charge in [0.05, 0.1) is 11.9 Å². The van der Waals surface area contributed by atoms with Gasteiger partial charge in [-0.05, 0) is 40.6 Å². The van der Waals surface area contributed by atoms with Crippen molar-refractivity contribution in [1.29, 1.82) is 0 Å². The fourth-order valence-corrected chi connectivity index (χ4v) is 2.97. The summed E-state index contributed by atoms with van der Waals surface area (Å²) in [5, 5.41) is 7.48. The first kappa shape index (κ1) is 14.1. The molecule has 1 aliphatic rings. The summed E-state index contributed by atoms with van der Waals surface area (Å²) in [6, 6.07) is 0.399. The molecule has 1 heterocycles. The van der Waals surface area contributed by atoms with E-state index in [4.69, 9.17) is 6.42 Å². The zero-order chi connectivity index (χ0) is 14.0. The Morgan fingerprint density at radius 2 is 2.42 bits per heavy atom. The number of nitrogens with one attached hydrogen (secondary N) is 1. The fourth-order valence-electron chi connectivity index (χ4n) is 2.54. The van der Waals surface area contributed by atoms with E-state index < -0.39 is 0 Å². The van der Waals surface area contributed by atoms with E-state index in [0.29, 0.717) is 15.9 Å². The molecule has 1 aromatic heterocycles. The van der Waals surface area contributed by atoms with Gasteiger partial charge in [-0.3, -0.25) is 4.79 Å². The fraction of sp³-hybridized carbons (Fsp3) is 0.571. The summed E-state index contributed by atoms with van der Waals surface area (Å²) >= 11 is 3.33. The number of hydrogen-bond acceptors (Lipinski definition) is 3. The van der Waals surface area contributed by atoms with Crippen molar-refractivity contribution in [3.05, 3.63) is 21.0 Å². The minimum atomic E-state index is -0.194. The topological polar surface area (TPSA) is 46.9 Å². The molecule has 0 radical (unpaired) electrons. The Bertz CT molecular complexity index is 571. The zero-order valence-corrected chi connectivity index (χ0v) is 12.8. The lowest BCUT2D eigenvalue weighted by Gasteiger charge is -2.19. The van der Waals surface area contributed by atoms with Crippen molar-refractivity contribution in [2.24, 2.45) is 5.41 Å². The molecule has 5 heteroatoms. The highest BCUT2D eigenvalue weighted by Crippen LogP contribution is 2.38. The molecule has 1 fully saturated rings. The molecule has 4 nitrogen and oxygen atoms in total. The monoisotopic (exact) mass is 323 g/mol. The Morgan fingerprint density at radius 1 is 1.68 bits per heavy atom. The maximum Gasteiger partial charge on any atom is 0.284 e. The summed E-state index contributed by atoms with van der Waals surface area (Å²) in [4.78, 5) is 12.0. The molecule has 102 valence electrons. The van der Waals surface area contributed by atoms with Gasteiger partial charge in [0, 0.05) is 6.04 Å². The normalized spacial score (nSPS) is 21.1. The summed E-state index contributed by atoms with van der Waals surface area (Å²) in [6.45, 7) is 4.73. The molecule has 19 heavy (non-hydrogen) atoms. The summed E-state index contributed by atoms with van der Waals surface area (Å²) in [6.07, 6.45) is 10.3. The van der Waals surface area contributed by atoms with Crippen LogP contribution in [-0.2, 0) is 6.54 Å². The molecular weight excluding hydrogens is 306 g/mol. The van der Waals surface area contributed by atoms with Gasteiger partial charge in [-0.25, -0.2) is 4.68 Å². The van der Waals surface area contributed by atoms with Crippen LogP contribution in [-0.4, -0.2) is 15.8 Å². The SMILES string of the molecule is C#CCn1ncc(NC2CCC(C)(C)C2)c(Br)c1=O. The average molecular weight is 324 g/mol. The van der Waals surface area contributed by atoms with Crippen LogP contribution in [0.5, 0.6) is 0 Å². The van der Waals surface area contributed by atoms with Crippen molar-refractivity contribution >= 4 is 21.6 Å². The summed E-state index contributed by atoms with van der Waals surface area (Å²) in [7, 11) is 0. The third-order valence-electron chi connectivity index (χ3n) is 3.55. The number of rotatable bonds is 3. The first-order valence-electron chi connectivity index (χ1n) is 6.38. The minimum Gasteiger partial charge on any atom is -0.380 e. The predicted molar refractivity (Wildman–Crippen MR) is 80.1 cm³/mol. The van der Waals surface area contributed by atoms with Gasteiger partial charge in [-0.15, -0.1) is 6.42 Å². The van der Waals surface area contributed by atoms with Gasteiger partial charge < -0.3 is 5.32 Å². The van der Waals surface area contributed by atoms with Crippen molar-refractivity contribution in [2.45, 2.75) is 45.7 Å². The van der Waals surface area contributed by atoms with Crippen LogP contribution in [0.1, 0.15) is 33.1 Å². The maximum atomic E-state index is 12.0. The van der Waals surface area contributed by atoms with E-state index in [0.717, 1.165) is 18.5 Å². The first-order chi connectivity index (χ1) is 8.93. The Balaban J connectivity index is 2.17. The van der Waals surface area contributed by atoms with E-state index in [-0.39, 0.29) is 12.1 Å². The van der Waals surface area contributed by atoms with Crippen LogP contribution >= 0.6 is 15.9 Å². The number of nitrogens with zero attached hydrogens (tertiary/aromatic N) is 2. The molecule has 0 amide bonds. The molecule has 1 saturated carbocycles. The van der Waals surface area contributed by atoms with Crippen LogP contribution < -0.4 is 10.9 Å². The number of halogens is 1. The first-order valence-corrected chi connectivity index (χ1v) is 7.18. The molecule has 0 bridgehead atoms. The Labute approximate surface area is 121 Å². The average Bonchev–Trinajstić information content (AvgIpc) is 2.69. The third kappa shape index (κ3) is 3.19. The smallest absolute Gasteiger partial charge is 0.284 e. The largest absolute Gasteiger partial charge is 0.380 e. The highest BCUT2D eigenvalue weighted by Gasteiger charge is 2.31. The lowest BCUT2D eigenvalue weighted by Crippen LogP contribution is -2.26. The molecule has 1 aromatic rings. The molecule has 0 saturated heterocycles. The van der Waals surface area contributed by atoms with E-state index in [1.807, 2.05) is 0 Å². The van der Waals surface area contributed by atoms with Gasteiger partial charge in [0.15, 0.2) is 0 Å².